The molecule has 0 unspecified atom stereocenters. The van der Waals surface area contributed by atoms with Crippen molar-refractivity contribution >= 4 is 18.5 Å². The van der Waals surface area contributed by atoms with Crippen molar-refractivity contribution in [1.29, 1.82) is 0 Å². The van der Waals surface area contributed by atoms with E-state index in [4.69, 9.17) is 0 Å². The largest absolute Gasteiger partial charge is 0.345 e. The standard InChI is InChI=1S/C9H10N2O3S/c12-9(10-5-6-11(13)14)7-3-1-2-4-8(7)15/h1-4,15H,5-6H2,(H,10,12). The molecule has 5 nitrogen and oxygen atoms in total. The zero-order chi connectivity index (χ0) is 11.3. The third-order valence-electron chi connectivity index (χ3n) is 1.73. The van der Waals surface area contributed by atoms with Crippen LogP contribution >= 0.6 is 12.6 Å². The van der Waals surface area contributed by atoms with Gasteiger partial charge in [0.05, 0.1) is 12.1 Å². The van der Waals surface area contributed by atoms with Crippen molar-refractivity contribution in [3.63, 3.8) is 0 Å². The molecule has 15 heavy (non-hydrogen) atoms. The highest BCUT2D eigenvalue weighted by molar-refractivity contribution is 7.80. The second kappa shape index (κ2) is 5.35. The SMILES string of the molecule is O=C(NCC[N+](=O)[O-])c1ccccc1S. The van der Waals surface area contributed by atoms with Gasteiger partial charge in [-0.25, -0.2) is 0 Å². The van der Waals surface area contributed by atoms with E-state index in [-0.39, 0.29) is 19.0 Å². The molecule has 0 atom stereocenters. The highest BCUT2D eigenvalue weighted by Gasteiger charge is 2.08. The van der Waals surface area contributed by atoms with Crippen LogP contribution in [0.2, 0.25) is 0 Å². The fraction of sp³-hybridized carbons (Fsp3) is 0.222. The van der Waals surface area contributed by atoms with Crippen LogP contribution in [0.5, 0.6) is 0 Å². The summed E-state index contributed by atoms with van der Waals surface area (Å²) in [6.45, 7) is -0.256. The topological polar surface area (TPSA) is 72.2 Å². The van der Waals surface area contributed by atoms with Crippen LogP contribution in [-0.4, -0.2) is 23.9 Å². The Morgan fingerprint density at radius 1 is 1.47 bits per heavy atom. The number of hydrogen-bond acceptors (Lipinski definition) is 4. The molecule has 0 saturated heterocycles. The Morgan fingerprint density at radius 3 is 2.73 bits per heavy atom. The average Bonchev–Trinajstić information content (AvgIpc) is 2.17. The van der Waals surface area contributed by atoms with Crippen molar-refractivity contribution in [1.82, 2.24) is 5.32 Å². The van der Waals surface area contributed by atoms with Crippen LogP contribution in [0.1, 0.15) is 10.4 Å². The summed E-state index contributed by atoms with van der Waals surface area (Å²) in [7, 11) is 0. The van der Waals surface area contributed by atoms with Crippen LogP contribution in [0, 0.1) is 10.1 Å². The predicted octanol–water partition coefficient (Wildman–Crippen LogP) is 0.982. The van der Waals surface area contributed by atoms with E-state index < -0.39 is 4.92 Å². The van der Waals surface area contributed by atoms with Gasteiger partial charge in [-0.3, -0.25) is 14.9 Å². The molecule has 1 rings (SSSR count). The molecule has 0 aromatic heterocycles. The molecule has 1 aromatic rings. The molecular weight excluding hydrogens is 216 g/mol. The van der Waals surface area contributed by atoms with Gasteiger partial charge < -0.3 is 5.32 Å². The summed E-state index contributed by atoms with van der Waals surface area (Å²) < 4.78 is 0. The van der Waals surface area contributed by atoms with E-state index in [9.17, 15) is 14.9 Å². The Labute approximate surface area is 92.0 Å². The predicted molar refractivity (Wildman–Crippen MR) is 57.9 cm³/mol. The van der Waals surface area contributed by atoms with Gasteiger partial charge in [-0.1, -0.05) is 12.1 Å². The normalized spacial score (nSPS) is 9.67. The van der Waals surface area contributed by atoms with E-state index in [1.807, 2.05) is 0 Å². The molecule has 0 aliphatic carbocycles. The average molecular weight is 226 g/mol. The summed E-state index contributed by atoms with van der Waals surface area (Å²) in [5.74, 6) is -0.345. The van der Waals surface area contributed by atoms with Gasteiger partial charge in [-0.15, -0.1) is 12.6 Å². The summed E-state index contributed by atoms with van der Waals surface area (Å²) in [6.07, 6.45) is 0. The molecule has 1 N–H and O–H groups in total. The van der Waals surface area contributed by atoms with E-state index in [0.29, 0.717) is 10.5 Å². The number of benzene rings is 1. The third kappa shape index (κ3) is 3.59. The van der Waals surface area contributed by atoms with E-state index in [1.54, 1.807) is 24.3 Å². The van der Waals surface area contributed by atoms with Gasteiger partial charge in [0.1, 0.15) is 0 Å². The van der Waals surface area contributed by atoms with Crippen molar-refractivity contribution < 1.29 is 9.72 Å². The number of hydrogen-bond donors (Lipinski definition) is 2. The second-order valence-corrected chi connectivity index (χ2v) is 3.31. The van der Waals surface area contributed by atoms with Crippen molar-refractivity contribution in [2.45, 2.75) is 4.90 Å². The zero-order valence-corrected chi connectivity index (χ0v) is 8.74. The third-order valence-corrected chi connectivity index (χ3v) is 2.12. The molecule has 0 aliphatic heterocycles. The van der Waals surface area contributed by atoms with Gasteiger partial charge >= 0.3 is 0 Å². The fourth-order valence-electron chi connectivity index (χ4n) is 1.02. The van der Waals surface area contributed by atoms with Crippen LogP contribution in [0.25, 0.3) is 0 Å². The maximum absolute atomic E-state index is 11.5. The smallest absolute Gasteiger partial charge is 0.252 e. The molecule has 0 aliphatic rings. The Balaban J connectivity index is 2.54. The van der Waals surface area contributed by atoms with Gasteiger partial charge in [-0.2, -0.15) is 0 Å². The van der Waals surface area contributed by atoms with Crippen LogP contribution in [-0.2, 0) is 0 Å². The number of amides is 1. The number of rotatable bonds is 4. The highest BCUT2D eigenvalue weighted by Crippen LogP contribution is 2.12. The van der Waals surface area contributed by atoms with Gasteiger partial charge in [0.25, 0.3) is 5.91 Å². The molecule has 0 spiro atoms. The number of carbonyl (C=O) groups excluding carboxylic acids is 1. The minimum atomic E-state index is -0.479. The molecule has 80 valence electrons. The molecule has 0 heterocycles. The lowest BCUT2D eigenvalue weighted by Gasteiger charge is -2.04. The minimum absolute atomic E-state index is 0.0218. The van der Waals surface area contributed by atoms with E-state index in [2.05, 4.69) is 17.9 Å². The van der Waals surface area contributed by atoms with Crippen molar-refractivity contribution in [2.24, 2.45) is 0 Å². The number of nitro groups is 1. The molecule has 0 radical (unpaired) electrons. The van der Waals surface area contributed by atoms with Crippen LogP contribution < -0.4 is 5.32 Å². The minimum Gasteiger partial charge on any atom is -0.345 e. The Morgan fingerprint density at radius 2 is 2.13 bits per heavy atom. The summed E-state index contributed by atoms with van der Waals surface area (Å²) in [4.78, 5) is 21.6. The first-order valence-electron chi connectivity index (χ1n) is 4.29. The monoisotopic (exact) mass is 226 g/mol. The zero-order valence-electron chi connectivity index (χ0n) is 7.84. The number of thiol groups is 1. The van der Waals surface area contributed by atoms with Crippen LogP contribution in [0.3, 0.4) is 0 Å². The number of nitrogens with one attached hydrogen (secondary N) is 1. The van der Waals surface area contributed by atoms with E-state index >= 15 is 0 Å². The molecule has 0 saturated carbocycles. The molecule has 0 fully saturated rings. The van der Waals surface area contributed by atoms with E-state index in [1.165, 1.54) is 0 Å². The van der Waals surface area contributed by atoms with Crippen molar-refractivity contribution in [3.05, 3.63) is 39.9 Å². The summed E-state index contributed by atoms with van der Waals surface area (Å²) in [6, 6.07) is 6.77. The number of nitrogens with zero attached hydrogens (tertiary/aromatic N) is 1. The quantitative estimate of drug-likeness (QED) is 0.456. The van der Waals surface area contributed by atoms with Crippen LogP contribution in [0.15, 0.2) is 29.2 Å². The highest BCUT2D eigenvalue weighted by atomic mass is 32.1. The molecule has 1 amide bonds. The first-order valence-corrected chi connectivity index (χ1v) is 4.74. The van der Waals surface area contributed by atoms with Gasteiger partial charge in [0, 0.05) is 9.82 Å². The van der Waals surface area contributed by atoms with Gasteiger partial charge in [-0.05, 0) is 12.1 Å². The summed E-state index contributed by atoms with van der Waals surface area (Å²) in [5.41, 5.74) is 0.421. The first-order chi connectivity index (χ1) is 7.11. The maximum atomic E-state index is 11.5. The fourth-order valence-corrected chi connectivity index (χ4v) is 1.28. The maximum Gasteiger partial charge on any atom is 0.252 e. The molecular formula is C9H10N2O3S. The second-order valence-electron chi connectivity index (χ2n) is 2.83. The van der Waals surface area contributed by atoms with Crippen molar-refractivity contribution in [3.8, 4) is 0 Å². The molecule has 1 aromatic carbocycles. The van der Waals surface area contributed by atoms with E-state index in [0.717, 1.165) is 0 Å². The summed E-state index contributed by atoms with van der Waals surface area (Å²) in [5, 5.41) is 12.5. The van der Waals surface area contributed by atoms with Gasteiger partial charge in [0.15, 0.2) is 0 Å². The Bertz CT molecular complexity index is 381. The Hall–Kier alpha value is -1.56. The lowest BCUT2D eigenvalue weighted by atomic mass is 10.2. The lowest BCUT2D eigenvalue weighted by Crippen LogP contribution is -2.28. The first kappa shape index (κ1) is 11.5. The molecule has 6 heteroatoms. The van der Waals surface area contributed by atoms with Crippen molar-refractivity contribution in [2.75, 3.05) is 13.1 Å². The number of carbonyl (C=O) groups is 1. The van der Waals surface area contributed by atoms with Crippen LogP contribution in [0.4, 0.5) is 0 Å². The Kier molecular flexibility index (Phi) is 4.11. The summed E-state index contributed by atoms with van der Waals surface area (Å²) >= 11 is 4.11. The molecule has 0 bridgehead atoms. The van der Waals surface area contributed by atoms with Gasteiger partial charge in [0.2, 0.25) is 6.54 Å². The lowest BCUT2D eigenvalue weighted by molar-refractivity contribution is -0.477.